The predicted molar refractivity (Wildman–Crippen MR) is 198 cm³/mol. The minimum absolute atomic E-state index is 0.115. The van der Waals surface area contributed by atoms with Crippen LogP contribution in [-0.2, 0) is 17.2 Å². The summed E-state index contributed by atoms with van der Waals surface area (Å²) >= 11 is 0. The Hall–Kier alpha value is -4.64. The summed E-state index contributed by atoms with van der Waals surface area (Å²) in [6.07, 6.45) is -1.65. The number of phenols is 1. The first-order valence-corrected chi connectivity index (χ1v) is 16.9. The summed E-state index contributed by atoms with van der Waals surface area (Å²) in [6, 6.07) is 23.0. The summed E-state index contributed by atoms with van der Waals surface area (Å²) in [5.41, 5.74) is 10.5. The highest BCUT2D eigenvalue weighted by atomic mass is 16.5. The van der Waals surface area contributed by atoms with Gasteiger partial charge in [0.25, 0.3) is 0 Å². The molecule has 4 aromatic carbocycles. The number of fused-ring (bicyclic) bond motifs is 4. The zero-order valence-electron chi connectivity index (χ0n) is 31.8. The zero-order chi connectivity index (χ0) is 36.1. The number of benzene rings is 4. The molecule has 2 aliphatic rings. The largest absolute Gasteiger partial charge is 0.506 e. The predicted octanol–water partition coefficient (Wildman–Crippen LogP) is 10.5. The van der Waals surface area contributed by atoms with Crippen molar-refractivity contribution in [2.45, 2.75) is 98.5 Å². The molecule has 5 nitrogen and oxygen atoms in total. The summed E-state index contributed by atoms with van der Waals surface area (Å²) in [7, 11) is 0. The van der Waals surface area contributed by atoms with E-state index >= 15 is 0 Å². The van der Waals surface area contributed by atoms with Gasteiger partial charge in [0, 0.05) is 25.4 Å². The summed E-state index contributed by atoms with van der Waals surface area (Å²) < 4.78 is 25.2. The number of aliphatic imine (C=N–C) groups is 1. The Kier molecular flexibility index (Phi) is 6.90. The second-order valence-corrected chi connectivity index (χ2v) is 15.6. The molecule has 246 valence electrons. The number of anilines is 1. The van der Waals surface area contributed by atoms with Gasteiger partial charge >= 0.3 is 0 Å². The summed E-state index contributed by atoms with van der Waals surface area (Å²) in [5, 5.41) is 11.8. The van der Waals surface area contributed by atoms with E-state index in [1.807, 2.05) is 42.5 Å². The van der Waals surface area contributed by atoms with Crippen molar-refractivity contribution < 1.29 is 12.6 Å². The van der Waals surface area contributed by atoms with Crippen molar-refractivity contribution in [2.24, 2.45) is 4.99 Å². The van der Waals surface area contributed by atoms with E-state index in [0.29, 0.717) is 22.7 Å². The molecular weight excluding hydrogens is 590 g/mol. The van der Waals surface area contributed by atoms with Gasteiger partial charge in [-0.2, -0.15) is 0 Å². The molecule has 0 spiro atoms. The third-order valence-electron chi connectivity index (χ3n) is 10.1. The van der Waals surface area contributed by atoms with Crippen LogP contribution in [0.5, 0.6) is 17.4 Å². The first-order chi connectivity index (χ1) is 23.4. The topological polar surface area (TPSA) is 58.0 Å². The molecule has 1 N–H and O–H groups in total. The van der Waals surface area contributed by atoms with Crippen LogP contribution >= 0.6 is 0 Å². The number of nitrogens with zero attached hydrogens (tertiary/aromatic N) is 3. The quantitative estimate of drug-likeness (QED) is 0.213. The summed E-state index contributed by atoms with van der Waals surface area (Å²) in [6.45, 7) is 21.5. The Balaban J connectivity index is 1.40. The maximum Gasteiger partial charge on any atom is 0.219 e. The van der Waals surface area contributed by atoms with Crippen molar-refractivity contribution in [3.8, 4) is 17.4 Å². The molecule has 1 aromatic heterocycles. The Morgan fingerprint density at radius 2 is 1.48 bits per heavy atom. The molecule has 7 rings (SSSR count). The van der Waals surface area contributed by atoms with E-state index in [1.165, 1.54) is 11.1 Å². The van der Waals surface area contributed by atoms with Gasteiger partial charge in [-0.1, -0.05) is 71.9 Å². The molecular formula is C43H47N3O2. The Morgan fingerprint density at radius 3 is 2.17 bits per heavy atom. The molecule has 0 fully saturated rings. The molecule has 0 saturated heterocycles. The van der Waals surface area contributed by atoms with Gasteiger partial charge in [-0.05, 0) is 126 Å². The third kappa shape index (κ3) is 5.43. The minimum Gasteiger partial charge on any atom is -0.506 e. The van der Waals surface area contributed by atoms with E-state index < -0.39 is 12.4 Å². The first kappa shape index (κ1) is 29.5. The molecule has 2 heterocycles. The van der Waals surface area contributed by atoms with E-state index in [-0.39, 0.29) is 22.6 Å². The van der Waals surface area contributed by atoms with Gasteiger partial charge in [0.15, 0.2) is 0 Å². The van der Waals surface area contributed by atoms with Crippen LogP contribution in [0.25, 0.3) is 10.9 Å². The van der Waals surface area contributed by atoms with Crippen LogP contribution < -0.4 is 9.64 Å². The number of aryl methyl sites for hydroxylation is 2. The van der Waals surface area contributed by atoms with Crippen molar-refractivity contribution in [1.82, 2.24) is 4.98 Å². The van der Waals surface area contributed by atoms with Gasteiger partial charge in [0.1, 0.15) is 22.9 Å². The number of aromatic hydroxyl groups is 1. The van der Waals surface area contributed by atoms with E-state index in [4.69, 9.17) is 14.7 Å². The molecule has 0 bridgehead atoms. The number of hydrogen-bond donors (Lipinski definition) is 1. The molecule has 2 atom stereocenters. The second kappa shape index (κ2) is 11.2. The van der Waals surface area contributed by atoms with Crippen LogP contribution in [0.3, 0.4) is 0 Å². The summed E-state index contributed by atoms with van der Waals surface area (Å²) in [5.74, 6) is 1.83. The van der Waals surface area contributed by atoms with Crippen LogP contribution in [0.4, 0.5) is 5.69 Å². The normalized spacial score (nSPS) is 19.1. The standard InChI is InChI=1S/C43H47N3O2/c1-24-17-25(2)27(4)39(26(24)3)46-40-34-14-12-11-13-28(34)21-35(40)44-41(46)30-19-31(42(5,6)7)22-33(20-30)48-37-16-15-29-18-32(43(8,9)10)23-36(47)38(29)45-37/h11-20,22-23,35,40,47H,21H2,1-10H3/t35-,40+/m0/s1/i21D2. The third-order valence-corrected chi connectivity index (χ3v) is 10.1. The molecule has 48 heavy (non-hydrogen) atoms. The lowest BCUT2D eigenvalue weighted by Gasteiger charge is -2.33. The number of pyridine rings is 1. The highest BCUT2D eigenvalue weighted by Crippen LogP contribution is 2.48. The van der Waals surface area contributed by atoms with Gasteiger partial charge in [0.2, 0.25) is 5.88 Å². The van der Waals surface area contributed by atoms with Crippen LogP contribution in [0.1, 0.15) is 100 Å². The summed E-state index contributed by atoms with van der Waals surface area (Å²) in [4.78, 5) is 12.3. The number of phenolic OH excluding ortho intramolecular Hbond substituents is 1. The fraction of sp³-hybridized carbons (Fsp3) is 0.349. The maximum absolute atomic E-state index is 11.0. The number of amidine groups is 1. The van der Waals surface area contributed by atoms with Crippen LogP contribution in [-0.4, -0.2) is 22.0 Å². The molecule has 0 amide bonds. The van der Waals surface area contributed by atoms with Gasteiger partial charge in [-0.15, -0.1) is 0 Å². The van der Waals surface area contributed by atoms with Gasteiger partial charge in [0.05, 0.1) is 12.1 Å². The van der Waals surface area contributed by atoms with Crippen molar-refractivity contribution in [3.63, 3.8) is 0 Å². The smallest absolute Gasteiger partial charge is 0.219 e. The highest BCUT2D eigenvalue weighted by molar-refractivity contribution is 6.13. The average molecular weight is 640 g/mol. The van der Waals surface area contributed by atoms with Crippen molar-refractivity contribution in [2.75, 3.05) is 4.90 Å². The second-order valence-electron chi connectivity index (χ2n) is 15.6. The first-order valence-electron chi connectivity index (χ1n) is 17.9. The van der Waals surface area contributed by atoms with Crippen LogP contribution in [0.2, 0.25) is 0 Å². The number of rotatable bonds is 4. The minimum atomic E-state index is -1.65. The van der Waals surface area contributed by atoms with Crippen molar-refractivity contribution >= 4 is 22.4 Å². The van der Waals surface area contributed by atoms with E-state index in [9.17, 15) is 7.85 Å². The highest BCUT2D eigenvalue weighted by Gasteiger charge is 2.45. The van der Waals surface area contributed by atoms with Gasteiger partial charge in [-0.3, -0.25) is 4.99 Å². The number of hydrogen-bond acceptors (Lipinski definition) is 5. The molecule has 5 aromatic rings. The monoisotopic (exact) mass is 639 g/mol. The fourth-order valence-corrected chi connectivity index (χ4v) is 7.05. The van der Waals surface area contributed by atoms with E-state index in [1.54, 1.807) is 6.07 Å². The van der Waals surface area contributed by atoms with Gasteiger partial charge < -0.3 is 14.7 Å². The fourth-order valence-electron chi connectivity index (χ4n) is 7.05. The molecule has 1 aliphatic carbocycles. The molecule has 5 heteroatoms. The van der Waals surface area contributed by atoms with Crippen LogP contribution in [0, 0.1) is 27.7 Å². The van der Waals surface area contributed by atoms with E-state index in [2.05, 4.69) is 98.4 Å². The lowest BCUT2D eigenvalue weighted by atomic mass is 9.85. The number of aromatic nitrogens is 1. The van der Waals surface area contributed by atoms with E-state index in [0.717, 1.165) is 50.3 Å². The van der Waals surface area contributed by atoms with Crippen LogP contribution in [0.15, 0.2) is 77.8 Å². The Labute approximate surface area is 288 Å². The SMILES string of the molecule is [2H]C1([2H])c2ccccc2[C@@H]2[C@H]1N=C(c1cc(Oc3ccc4cc(C(C)(C)C)cc(O)c4n3)cc(C(C)(C)C)c1)N2c1c(C)c(C)cc(C)c1C. The Morgan fingerprint density at radius 1 is 0.812 bits per heavy atom. The Bertz CT molecular complexity index is 2200. The molecule has 1 aliphatic heterocycles. The lowest BCUT2D eigenvalue weighted by Crippen LogP contribution is -2.34. The average Bonchev–Trinajstić information content (AvgIpc) is 3.53. The number of ether oxygens (including phenoxy) is 1. The molecule has 0 saturated carbocycles. The maximum atomic E-state index is 11.0. The molecule has 0 radical (unpaired) electrons. The zero-order valence-corrected chi connectivity index (χ0v) is 29.8. The van der Waals surface area contributed by atoms with Crippen molar-refractivity contribution in [3.05, 3.63) is 123 Å². The van der Waals surface area contributed by atoms with Gasteiger partial charge in [-0.25, -0.2) is 4.98 Å². The lowest BCUT2D eigenvalue weighted by molar-refractivity contribution is 0.456. The van der Waals surface area contributed by atoms with Crippen molar-refractivity contribution in [1.29, 1.82) is 0 Å². The molecule has 0 unspecified atom stereocenters.